The summed E-state index contributed by atoms with van der Waals surface area (Å²) in [6, 6.07) is 53.9. The average Bonchev–Trinajstić information content (AvgIpc) is 3.02. The van der Waals surface area contributed by atoms with Gasteiger partial charge in [0.15, 0.2) is 0 Å². The van der Waals surface area contributed by atoms with Gasteiger partial charge in [-0.05, 0) is 105 Å². The number of hydrogen-bond donors (Lipinski definition) is 0. The highest BCUT2D eigenvalue weighted by Gasteiger charge is 2.15. The maximum Gasteiger partial charge on any atom is -0.00201 e. The summed E-state index contributed by atoms with van der Waals surface area (Å²) in [4.78, 5) is 0. The topological polar surface area (TPSA) is 0 Å². The fraction of sp³-hybridized carbons (Fsp3) is 0. The molecular weight excluding hydrogens is 480 g/mol. The number of fused-ring (bicyclic) bond motifs is 4. The molecule has 0 radical (unpaired) electrons. The average molecular weight is 505 g/mol. The molecule has 0 saturated carbocycles. The summed E-state index contributed by atoms with van der Waals surface area (Å²) in [7, 11) is 0. The molecule has 0 aliphatic heterocycles. The lowest BCUT2D eigenvalue weighted by Gasteiger charge is -2.16. The smallest absolute Gasteiger partial charge is 0.00201 e. The molecule has 0 N–H and O–H groups in total. The third kappa shape index (κ3) is 3.08. The van der Waals surface area contributed by atoms with E-state index in [2.05, 4.69) is 146 Å². The molecular formula is C40H24. The van der Waals surface area contributed by atoms with E-state index in [1.165, 1.54) is 86.9 Å². The van der Waals surface area contributed by atoms with Gasteiger partial charge in [0.1, 0.15) is 0 Å². The Labute approximate surface area is 232 Å². The van der Waals surface area contributed by atoms with Crippen molar-refractivity contribution in [2.24, 2.45) is 0 Å². The van der Waals surface area contributed by atoms with Gasteiger partial charge in [0.25, 0.3) is 0 Å². The molecule has 0 amide bonds. The SMILES string of the molecule is c1ccc2cc(-c3ccc4cc(-c5ccc6c7cccc8cccc(c9cccc5c96)c87)ccc4c3)ccc2c1. The lowest BCUT2D eigenvalue weighted by Crippen LogP contribution is -1.89. The van der Waals surface area contributed by atoms with E-state index >= 15 is 0 Å². The Morgan fingerprint density at radius 3 is 1.45 bits per heavy atom. The van der Waals surface area contributed by atoms with E-state index in [-0.39, 0.29) is 0 Å². The van der Waals surface area contributed by atoms with Crippen molar-refractivity contribution in [1.29, 1.82) is 0 Å². The molecule has 0 saturated heterocycles. The zero-order chi connectivity index (χ0) is 26.2. The van der Waals surface area contributed by atoms with Crippen molar-refractivity contribution < 1.29 is 0 Å². The maximum absolute atomic E-state index is 2.35. The molecule has 9 rings (SSSR count). The Kier molecular flexibility index (Phi) is 4.42. The van der Waals surface area contributed by atoms with Gasteiger partial charge in [-0.15, -0.1) is 0 Å². The van der Waals surface area contributed by atoms with Crippen molar-refractivity contribution in [2.75, 3.05) is 0 Å². The Balaban J connectivity index is 1.22. The van der Waals surface area contributed by atoms with Crippen molar-refractivity contribution in [2.45, 2.75) is 0 Å². The highest BCUT2D eigenvalue weighted by molar-refractivity contribution is 6.34. The Bertz CT molecular complexity index is 2380. The molecule has 9 aromatic rings. The van der Waals surface area contributed by atoms with Crippen LogP contribution in [0, 0.1) is 0 Å². The number of benzene rings is 9. The maximum atomic E-state index is 2.35. The van der Waals surface area contributed by atoms with Crippen LogP contribution in [-0.2, 0) is 0 Å². The lowest BCUT2D eigenvalue weighted by molar-refractivity contribution is 1.66. The quantitative estimate of drug-likeness (QED) is 0.162. The fourth-order valence-corrected chi connectivity index (χ4v) is 6.86. The second-order valence-corrected chi connectivity index (χ2v) is 10.9. The molecule has 0 aliphatic carbocycles. The van der Waals surface area contributed by atoms with Gasteiger partial charge in [0.2, 0.25) is 0 Å². The highest BCUT2D eigenvalue weighted by Crippen LogP contribution is 2.43. The van der Waals surface area contributed by atoms with E-state index in [0.717, 1.165) is 0 Å². The molecule has 9 aromatic carbocycles. The minimum atomic E-state index is 1.25. The Hall–Kier alpha value is -5.20. The molecule has 0 fully saturated rings. The Morgan fingerprint density at radius 1 is 0.250 bits per heavy atom. The molecule has 0 heteroatoms. The summed E-state index contributed by atoms with van der Waals surface area (Å²) < 4.78 is 0. The molecule has 40 heavy (non-hydrogen) atoms. The van der Waals surface area contributed by atoms with E-state index < -0.39 is 0 Å². The van der Waals surface area contributed by atoms with Crippen LogP contribution in [0.4, 0.5) is 0 Å². The van der Waals surface area contributed by atoms with Crippen molar-refractivity contribution >= 4 is 64.6 Å². The first-order chi connectivity index (χ1) is 19.8. The number of hydrogen-bond acceptors (Lipinski definition) is 0. The van der Waals surface area contributed by atoms with Gasteiger partial charge in [0, 0.05) is 0 Å². The van der Waals surface area contributed by atoms with Crippen molar-refractivity contribution in [3.8, 4) is 22.3 Å². The van der Waals surface area contributed by atoms with Crippen LogP contribution in [0.15, 0.2) is 146 Å². The standard InChI is InChI=1S/C40H24/c1-2-7-27-22-28(15-14-25(27)6-1)29-16-17-31-24-32(19-18-30(31)23-29)33-20-21-38-36-11-4-9-26-8-3-10-35(39(26)36)37-13-5-12-34(33)40(37)38/h1-24H. The molecule has 184 valence electrons. The van der Waals surface area contributed by atoms with Gasteiger partial charge < -0.3 is 0 Å². The summed E-state index contributed by atoms with van der Waals surface area (Å²) in [6.07, 6.45) is 0. The molecule has 0 heterocycles. The van der Waals surface area contributed by atoms with Crippen LogP contribution in [0.2, 0.25) is 0 Å². The summed E-state index contributed by atoms with van der Waals surface area (Å²) in [6.45, 7) is 0. The lowest BCUT2D eigenvalue weighted by atomic mass is 9.87. The van der Waals surface area contributed by atoms with Gasteiger partial charge in [-0.2, -0.15) is 0 Å². The molecule has 0 nitrogen and oxygen atoms in total. The third-order valence-corrected chi connectivity index (χ3v) is 8.76. The molecule has 0 aromatic heterocycles. The van der Waals surface area contributed by atoms with Crippen LogP contribution in [-0.4, -0.2) is 0 Å². The van der Waals surface area contributed by atoms with Crippen molar-refractivity contribution in [3.63, 3.8) is 0 Å². The van der Waals surface area contributed by atoms with Crippen LogP contribution in [0.1, 0.15) is 0 Å². The first kappa shape index (κ1) is 21.7. The minimum absolute atomic E-state index is 1.25. The first-order valence-electron chi connectivity index (χ1n) is 13.9. The van der Waals surface area contributed by atoms with Gasteiger partial charge in [0.05, 0.1) is 0 Å². The zero-order valence-corrected chi connectivity index (χ0v) is 21.9. The summed E-state index contributed by atoms with van der Waals surface area (Å²) in [5, 5.41) is 15.8. The van der Waals surface area contributed by atoms with E-state index in [0.29, 0.717) is 0 Å². The van der Waals surface area contributed by atoms with Crippen LogP contribution >= 0.6 is 0 Å². The van der Waals surface area contributed by atoms with Crippen LogP contribution in [0.3, 0.4) is 0 Å². The monoisotopic (exact) mass is 504 g/mol. The predicted molar refractivity (Wildman–Crippen MR) is 174 cm³/mol. The van der Waals surface area contributed by atoms with E-state index in [9.17, 15) is 0 Å². The first-order valence-corrected chi connectivity index (χ1v) is 13.9. The fourth-order valence-electron chi connectivity index (χ4n) is 6.86. The predicted octanol–water partition coefficient (Wildman–Crippen LogP) is 11.4. The summed E-state index contributed by atoms with van der Waals surface area (Å²) >= 11 is 0. The zero-order valence-electron chi connectivity index (χ0n) is 21.9. The van der Waals surface area contributed by atoms with Crippen LogP contribution in [0.5, 0.6) is 0 Å². The van der Waals surface area contributed by atoms with Gasteiger partial charge in [-0.25, -0.2) is 0 Å². The van der Waals surface area contributed by atoms with Crippen molar-refractivity contribution in [1.82, 2.24) is 0 Å². The molecule has 0 bridgehead atoms. The second-order valence-electron chi connectivity index (χ2n) is 10.9. The van der Waals surface area contributed by atoms with E-state index in [1.807, 2.05) is 0 Å². The van der Waals surface area contributed by atoms with Gasteiger partial charge >= 0.3 is 0 Å². The minimum Gasteiger partial charge on any atom is -0.0616 e. The van der Waals surface area contributed by atoms with Crippen molar-refractivity contribution in [3.05, 3.63) is 146 Å². The molecule has 0 unspecified atom stereocenters. The molecule has 0 spiro atoms. The molecule has 0 atom stereocenters. The van der Waals surface area contributed by atoms with Crippen LogP contribution in [0.25, 0.3) is 86.9 Å². The van der Waals surface area contributed by atoms with Gasteiger partial charge in [-0.1, -0.05) is 127 Å². The third-order valence-electron chi connectivity index (χ3n) is 8.76. The molecule has 0 aliphatic rings. The van der Waals surface area contributed by atoms with Gasteiger partial charge in [-0.3, -0.25) is 0 Å². The van der Waals surface area contributed by atoms with E-state index in [4.69, 9.17) is 0 Å². The Morgan fingerprint density at radius 2 is 0.725 bits per heavy atom. The van der Waals surface area contributed by atoms with E-state index in [1.54, 1.807) is 0 Å². The normalized spacial score (nSPS) is 12.0. The largest absolute Gasteiger partial charge is 0.0616 e. The second kappa shape index (κ2) is 8.15. The number of rotatable bonds is 2. The summed E-state index contributed by atoms with van der Waals surface area (Å²) in [5.41, 5.74) is 5.04. The summed E-state index contributed by atoms with van der Waals surface area (Å²) in [5.74, 6) is 0. The highest BCUT2D eigenvalue weighted by atomic mass is 14.2. The van der Waals surface area contributed by atoms with Crippen LogP contribution < -0.4 is 0 Å².